The van der Waals surface area contributed by atoms with Gasteiger partial charge in [0.05, 0.1) is 0 Å². The Bertz CT molecular complexity index is 596. The molecule has 1 nitrogen and oxygen atoms in total. The molecule has 1 aliphatic rings. The average Bonchev–Trinajstić information content (AvgIpc) is 3.10. The Morgan fingerprint density at radius 3 is 2.27 bits per heavy atom. The summed E-state index contributed by atoms with van der Waals surface area (Å²) in [5.41, 5.74) is 11.6. The number of hydrogen-bond donors (Lipinski definition) is 1. The lowest BCUT2D eigenvalue weighted by atomic mass is 9.87. The number of hydrogen-bond acceptors (Lipinski definition) is 1. The lowest BCUT2D eigenvalue weighted by Gasteiger charge is -2.18. The smallest absolute Gasteiger partial charge is 0.00772 e. The highest BCUT2D eigenvalue weighted by molar-refractivity contribution is 5.71. The summed E-state index contributed by atoms with van der Waals surface area (Å²) in [6.07, 6.45) is 8.90. The molecule has 1 heteroatoms. The van der Waals surface area contributed by atoms with Gasteiger partial charge in [0.1, 0.15) is 0 Å². The van der Waals surface area contributed by atoms with Crippen LogP contribution in [0.15, 0.2) is 48.5 Å². The van der Waals surface area contributed by atoms with Crippen LogP contribution in [0.5, 0.6) is 0 Å². The van der Waals surface area contributed by atoms with Gasteiger partial charge in [-0.15, -0.1) is 0 Å². The van der Waals surface area contributed by atoms with Crippen molar-refractivity contribution in [3.05, 3.63) is 59.7 Å². The standard InChI is InChI=1S/C21H27N/c22-16-8-7-12-18-11-3-4-13-19(18)21-15-6-5-14-20(21)17-9-1-2-10-17/h3-6,11,13-15,17H,1-2,7-10,12,16,22H2. The molecule has 0 bridgehead atoms. The maximum atomic E-state index is 5.65. The highest BCUT2D eigenvalue weighted by atomic mass is 14.5. The van der Waals surface area contributed by atoms with E-state index in [2.05, 4.69) is 48.5 Å². The fourth-order valence-electron chi connectivity index (χ4n) is 3.80. The molecule has 2 aromatic carbocycles. The molecule has 0 amide bonds. The number of aryl methyl sites for hydroxylation is 1. The molecule has 0 atom stereocenters. The second-order valence-corrected chi connectivity index (χ2v) is 6.47. The van der Waals surface area contributed by atoms with Crippen LogP contribution in [0.4, 0.5) is 0 Å². The van der Waals surface area contributed by atoms with Crippen LogP contribution in [-0.4, -0.2) is 6.54 Å². The molecule has 0 aromatic heterocycles. The summed E-state index contributed by atoms with van der Waals surface area (Å²) in [4.78, 5) is 0. The van der Waals surface area contributed by atoms with Gasteiger partial charge in [0, 0.05) is 0 Å². The van der Waals surface area contributed by atoms with Gasteiger partial charge >= 0.3 is 0 Å². The Kier molecular flexibility index (Phi) is 5.29. The predicted octanol–water partition coefficient (Wildman–Crippen LogP) is 5.29. The van der Waals surface area contributed by atoms with Crippen LogP contribution in [0.2, 0.25) is 0 Å². The van der Waals surface area contributed by atoms with E-state index < -0.39 is 0 Å². The molecule has 0 heterocycles. The van der Waals surface area contributed by atoms with Crippen molar-refractivity contribution in [2.75, 3.05) is 6.54 Å². The topological polar surface area (TPSA) is 26.0 Å². The third-order valence-corrected chi connectivity index (χ3v) is 4.96. The summed E-state index contributed by atoms with van der Waals surface area (Å²) in [5.74, 6) is 0.758. The number of unbranched alkanes of at least 4 members (excludes halogenated alkanes) is 1. The normalized spacial score (nSPS) is 15.3. The molecular weight excluding hydrogens is 266 g/mol. The first-order chi connectivity index (χ1) is 10.9. The molecule has 1 aliphatic carbocycles. The maximum Gasteiger partial charge on any atom is -0.00772 e. The third kappa shape index (κ3) is 3.41. The molecule has 0 radical (unpaired) electrons. The van der Waals surface area contributed by atoms with Gasteiger partial charge in [0.15, 0.2) is 0 Å². The average molecular weight is 293 g/mol. The van der Waals surface area contributed by atoms with Gasteiger partial charge in [-0.1, -0.05) is 61.4 Å². The van der Waals surface area contributed by atoms with Gasteiger partial charge in [-0.2, -0.15) is 0 Å². The van der Waals surface area contributed by atoms with E-state index in [0.29, 0.717) is 0 Å². The van der Waals surface area contributed by atoms with E-state index in [9.17, 15) is 0 Å². The fourth-order valence-corrected chi connectivity index (χ4v) is 3.80. The van der Waals surface area contributed by atoms with Crippen molar-refractivity contribution in [2.24, 2.45) is 5.73 Å². The largest absolute Gasteiger partial charge is 0.330 e. The number of rotatable bonds is 6. The van der Waals surface area contributed by atoms with E-state index >= 15 is 0 Å². The van der Waals surface area contributed by atoms with Crippen molar-refractivity contribution >= 4 is 0 Å². The molecule has 0 aliphatic heterocycles. The van der Waals surface area contributed by atoms with Crippen molar-refractivity contribution in [2.45, 2.75) is 50.9 Å². The first-order valence-corrected chi connectivity index (χ1v) is 8.77. The molecule has 0 spiro atoms. The molecular formula is C21H27N. The lowest BCUT2D eigenvalue weighted by Crippen LogP contribution is -2.01. The minimum Gasteiger partial charge on any atom is -0.330 e. The number of nitrogens with two attached hydrogens (primary N) is 1. The summed E-state index contributed by atoms with van der Waals surface area (Å²) in [6, 6.07) is 18.0. The Balaban J connectivity index is 1.93. The van der Waals surface area contributed by atoms with Crippen LogP contribution in [-0.2, 0) is 6.42 Å². The van der Waals surface area contributed by atoms with Crippen molar-refractivity contribution < 1.29 is 0 Å². The van der Waals surface area contributed by atoms with Crippen LogP contribution >= 0.6 is 0 Å². The molecule has 0 unspecified atom stereocenters. The van der Waals surface area contributed by atoms with Crippen molar-refractivity contribution in [3.63, 3.8) is 0 Å². The molecule has 0 saturated heterocycles. The monoisotopic (exact) mass is 293 g/mol. The zero-order valence-electron chi connectivity index (χ0n) is 13.4. The van der Waals surface area contributed by atoms with Crippen molar-refractivity contribution in [1.29, 1.82) is 0 Å². The Hall–Kier alpha value is -1.60. The summed E-state index contributed by atoms with van der Waals surface area (Å²) in [5, 5.41) is 0. The van der Waals surface area contributed by atoms with E-state index in [1.165, 1.54) is 48.8 Å². The zero-order valence-corrected chi connectivity index (χ0v) is 13.4. The van der Waals surface area contributed by atoms with Gasteiger partial charge in [0.2, 0.25) is 0 Å². The maximum absolute atomic E-state index is 5.65. The van der Waals surface area contributed by atoms with Gasteiger partial charge < -0.3 is 5.73 Å². The first kappa shape index (κ1) is 15.3. The van der Waals surface area contributed by atoms with Crippen LogP contribution in [0, 0.1) is 0 Å². The highest BCUT2D eigenvalue weighted by Gasteiger charge is 2.20. The minimum atomic E-state index is 0.758. The van der Waals surface area contributed by atoms with Gasteiger partial charge in [-0.25, -0.2) is 0 Å². The van der Waals surface area contributed by atoms with E-state index in [0.717, 1.165) is 25.3 Å². The van der Waals surface area contributed by atoms with Crippen molar-refractivity contribution in [1.82, 2.24) is 0 Å². The van der Waals surface area contributed by atoms with Crippen molar-refractivity contribution in [3.8, 4) is 11.1 Å². The van der Waals surface area contributed by atoms with Crippen LogP contribution in [0.3, 0.4) is 0 Å². The summed E-state index contributed by atoms with van der Waals surface area (Å²) < 4.78 is 0. The Morgan fingerprint density at radius 1 is 0.818 bits per heavy atom. The third-order valence-electron chi connectivity index (χ3n) is 4.96. The summed E-state index contributed by atoms with van der Waals surface area (Å²) >= 11 is 0. The SMILES string of the molecule is NCCCCc1ccccc1-c1ccccc1C1CCCC1. The molecule has 2 aromatic rings. The van der Waals surface area contributed by atoms with E-state index in [-0.39, 0.29) is 0 Å². The summed E-state index contributed by atoms with van der Waals surface area (Å²) in [7, 11) is 0. The molecule has 1 saturated carbocycles. The van der Waals surface area contributed by atoms with E-state index in [4.69, 9.17) is 5.73 Å². The van der Waals surface area contributed by atoms with Crippen LogP contribution in [0.1, 0.15) is 55.6 Å². The molecule has 1 fully saturated rings. The highest BCUT2D eigenvalue weighted by Crippen LogP contribution is 2.40. The van der Waals surface area contributed by atoms with E-state index in [1.54, 1.807) is 5.56 Å². The minimum absolute atomic E-state index is 0.758. The second-order valence-electron chi connectivity index (χ2n) is 6.47. The van der Waals surface area contributed by atoms with Crippen LogP contribution in [0.25, 0.3) is 11.1 Å². The lowest BCUT2D eigenvalue weighted by molar-refractivity contribution is 0.724. The van der Waals surface area contributed by atoms with Gasteiger partial charge in [-0.05, 0) is 66.8 Å². The molecule has 116 valence electrons. The van der Waals surface area contributed by atoms with Crippen LogP contribution < -0.4 is 5.73 Å². The molecule has 22 heavy (non-hydrogen) atoms. The Labute approximate surface area is 134 Å². The molecule has 2 N–H and O–H groups in total. The first-order valence-electron chi connectivity index (χ1n) is 8.77. The Morgan fingerprint density at radius 2 is 1.50 bits per heavy atom. The number of benzene rings is 2. The van der Waals surface area contributed by atoms with Gasteiger partial charge in [0.25, 0.3) is 0 Å². The summed E-state index contributed by atoms with van der Waals surface area (Å²) in [6.45, 7) is 0.792. The quantitative estimate of drug-likeness (QED) is 0.719. The zero-order chi connectivity index (χ0) is 15.2. The second kappa shape index (κ2) is 7.60. The predicted molar refractivity (Wildman–Crippen MR) is 95.1 cm³/mol. The fraction of sp³-hybridized carbons (Fsp3) is 0.429. The van der Waals surface area contributed by atoms with Gasteiger partial charge in [-0.3, -0.25) is 0 Å². The van der Waals surface area contributed by atoms with E-state index in [1.807, 2.05) is 0 Å². The molecule has 3 rings (SSSR count).